The fourth-order valence-electron chi connectivity index (χ4n) is 3.07. The van der Waals surface area contributed by atoms with Crippen LogP contribution in [0.25, 0.3) is 0 Å². The number of aliphatic hydroxyl groups is 1. The van der Waals surface area contributed by atoms with Crippen molar-refractivity contribution in [3.05, 3.63) is 0 Å². The summed E-state index contributed by atoms with van der Waals surface area (Å²) in [6, 6.07) is 0. The first-order valence-corrected chi connectivity index (χ1v) is 6.30. The van der Waals surface area contributed by atoms with Crippen molar-refractivity contribution >= 4 is 0 Å². The summed E-state index contributed by atoms with van der Waals surface area (Å²) < 4.78 is 0. The highest BCUT2D eigenvalue weighted by Crippen LogP contribution is 2.43. The second-order valence-electron chi connectivity index (χ2n) is 5.97. The Kier molecular flexibility index (Phi) is 2.88. The maximum Gasteiger partial charge on any atom is 0.0650 e. The fraction of sp³-hybridized carbons (Fsp3) is 1.00. The maximum atomic E-state index is 10.5. The summed E-state index contributed by atoms with van der Waals surface area (Å²) in [7, 11) is 0. The molecule has 2 saturated carbocycles. The zero-order valence-corrected chi connectivity index (χ0v) is 9.63. The molecule has 1 N–H and O–H groups in total. The molecule has 1 heteroatoms. The molecule has 3 unspecified atom stereocenters. The van der Waals surface area contributed by atoms with Crippen LogP contribution in [0.15, 0.2) is 0 Å². The van der Waals surface area contributed by atoms with Crippen LogP contribution in [0.1, 0.15) is 58.8 Å². The summed E-state index contributed by atoms with van der Waals surface area (Å²) >= 11 is 0. The van der Waals surface area contributed by atoms with Crippen molar-refractivity contribution in [2.75, 3.05) is 0 Å². The van der Waals surface area contributed by atoms with E-state index in [0.29, 0.717) is 5.92 Å². The molecular weight excluding hydrogens is 172 g/mol. The Morgan fingerprint density at radius 3 is 2.50 bits per heavy atom. The highest BCUT2D eigenvalue weighted by molar-refractivity contribution is 4.90. The molecule has 0 aromatic heterocycles. The van der Waals surface area contributed by atoms with Gasteiger partial charge in [-0.1, -0.05) is 32.6 Å². The van der Waals surface area contributed by atoms with E-state index < -0.39 is 0 Å². The predicted molar refractivity (Wildman–Crippen MR) is 59.1 cm³/mol. The van der Waals surface area contributed by atoms with Gasteiger partial charge in [-0.05, 0) is 43.9 Å². The van der Waals surface area contributed by atoms with Gasteiger partial charge in [0.25, 0.3) is 0 Å². The van der Waals surface area contributed by atoms with Crippen LogP contribution in [0.2, 0.25) is 0 Å². The predicted octanol–water partition coefficient (Wildman–Crippen LogP) is 3.36. The molecule has 2 fully saturated rings. The fourth-order valence-corrected chi connectivity index (χ4v) is 3.07. The molecule has 1 nitrogen and oxygen atoms in total. The molecule has 0 bridgehead atoms. The highest BCUT2D eigenvalue weighted by Gasteiger charge is 2.39. The molecule has 2 aliphatic rings. The van der Waals surface area contributed by atoms with Gasteiger partial charge < -0.3 is 5.11 Å². The summed E-state index contributed by atoms with van der Waals surface area (Å²) in [5, 5.41) is 10.5. The summed E-state index contributed by atoms with van der Waals surface area (Å²) in [4.78, 5) is 0. The Bertz CT molecular complexity index is 193. The maximum absolute atomic E-state index is 10.5. The molecule has 0 heterocycles. The van der Waals surface area contributed by atoms with Gasteiger partial charge in [-0.3, -0.25) is 0 Å². The second kappa shape index (κ2) is 3.84. The van der Waals surface area contributed by atoms with Gasteiger partial charge in [0.05, 0.1) is 5.60 Å². The first kappa shape index (κ1) is 10.5. The normalized spacial score (nSPS) is 37.9. The second-order valence-corrected chi connectivity index (χ2v) is 5.97. The van der Waals surface area contributed by atoms with E-state index in [0.717, 1.165) is 18.3 Å². The lowest BCUT2D eigenvalue weighted by Gasteiger charge is -2.38. The topological polar surface area (TPSA) is 20.2 Å². The van der Waals surface area contributed by atoms with Crippen LogP contribution in [0, 0.1) is 17.8 Å². The summed E-state index contributed by atoms with van der Waals surface area (Å²) in [5.74, 6) is 2.26. The van der Waals surface area contributed by atoms with Crippen LogP contribution in [-0.4, -0.2) is 10.7 Å². The van der Waals surface area contributed by atoms with Gasteiger partial charge in [0.1, 0.15) is 0 Å². The SMILES string of the molecule is CC1CCCC(C(C)(O)CC2CC2)C1. The number of hydrogen-bond donors (Lipinski definition) is 1. The van der Waals surface area contributed by atoms with Gasteiger partial charge in [0.2, 0.25) is 0 Å². The Morgan fingerprint density at radius 1 is 1.21 bits per heavy atom. The minimum absolute atomic E-state index is 0.365. The molecule has 2 rings (SSSR count). The Labute approximate surface area is 87.9 Å². The Hall–Kier alpha value is -0.0400. The third-order valence-corrected chi connectivity index (χ3v) is 4.21. The quantitative estimate of drug-likeness (QED) is 0.734. The molecular formula is C13H24O. The molecule has 0 aliphatic heterocycles. The summed E-state index contributed by atoms with van der Waals surface area (Å²) in [6.07, 6.45) is 8.98. The summed E-state index contributed by atoms with van der Waals surface area (Å²) in [6.45, 7) is 4.41. The molecule has 0 aromatic rings. The largest absolute Gasteiger partial charge is 0.390 e. The molecule has 82 valence electrons. The van der Waals surface area contributed by atoms with Crippen molar-refractivity contribution in [1.29, 1.82) is 0 Å². The van der Waals surface area contributed by atoms with Crippen molar-refractivity contribution < 1.29 is 5.11 Å². The van der Waals surface area contributed by atoms with Gasteiger partial charge in [-0.15, -0.1) is 0 Å². The minimum atomic E-state index is -0.365. The lowest BCUT2D eigenvalue weighted by Crippen LogP contribution is -2.37. The van der Waals surface area contributed by atoms with Crippen LogP contribution in [0.5, 0.6) is 0 Å². The molecule has 0 spiro atoms. The summed E-state index contributed by atoms with van der Waals surface area (Å²) in [5.41, 5.74) is -0.365. The number of hydrogen-bond acceptors (Lipinski definition) is 1. The molecule has 2 aliphatic carbocycles. The molecule has 0 radical (unpaired) electrons. The van der Waals surface area contributed by atoms with E-state index in [1.807, 2.05) is 0 Å². The van der Waals surface area contributed by atoms with Crippen LogP contribution in [0.4, 0.5) is 0 Å². The Balaban J connectivity index is 1.89. The van der Waals surface area contributed by atoms with Crippen LogP contribution in [-0.2, 0) is 0 Å². The smallest absolute Gasteiger partial charge is 0.0650 e. The van der Waals surface area contributed by atoms with Crippen molar-refractivity contribution in [3.8, 4) is 0 Å². The first-order chi connectivity index (χ1) is 6.58. The third-order valence-electron chi connectivity index (χ3n) is 4.21. The van der Waals surface area contributed by atoms with Crippen molar-refractivity contribution in [1.82, 2.24) is 0 Å². The van der Waals surface area contributed by atoms with E-state index >= 15 is 0 Å². The van der Waals surface area contributed by atoms with Gasteiger partial charge in [0.15, 0.2) is 0 Å². The van der Waals surface area contributed by atoms with Gasteiger partial charge >= 0.3 is 0 Å². The van der Waals surface area contributed by atoms with E-state index in [4.69, 9.17) is 0 Å². The Morgan fingerprint density at radius 2 is 1.93 bits per heavy atom. The van der Waals surface area contributed by atoms with Gasteiger partial charge in [0, 0.05) is 0 Å². The van der Waals surface area contributed by atoms with E-state index in [1.54, 1.807) is 0 Å². The highest BCUT2D eigenvalue weighted by atomic mass is 16.3. The monoisotopic (exact) mass is 196 g/mol. The molecule has 0 amide bonds. The molecule has 14 heavy (non-hydrogen) atoms. The van der Waals surface area contributed by atoms with Crippen LogP contribution >= 0.6 is 0 Å². The third kappa shape index (κ3) is 2.50. The van der Waals surface area contributed by atoms with Crippen molar-refractivity contribution in [2.45, 2.75) is 64.4 Å². The zero-order valence-electron chi connectivity index (χ0n) is 9.63. The minimum Gasteiger partial charge on any atom is -0.390 e. The lowest BCUT2D eigenvalue weighted by atomic mass is 9.72. The first-order valence-electron chi connectivity index (χ1n) is 6.30. The lowest BCUT2D eigenvalue weighted by molar-refractivity contribution is -0.0351. The van der Waals surface area contributed by atoms with E-state index in [1.165, 1.54) is 38.5 Å². The molecule has 0 saturated heterocycles. The van der Waals surface area contributed by atoms with Gasteiger partial charge in [-0.25, -0.2) is 0 Å². The zero-order chi connectivity index (χ0) is 10.2. The van der Waals surface area contributed by atoms with Crippen molar-refractivity contribution in [2.24, 2.45) is 17.8 Å². The van der Waals surface area contributed by atoms with Crippen molar-refractivity contribution in [3.63, 3.8) is 0 Å². The van der Waals surface area contributed by atoms with E-state index in [-0.39, 0.29) is 5.60 Å². The van der Waals surface area contributed by atoms with Crippen LogP contribution in [0.3, 0.4) is 0 Å². The average Bonchev–Trinajstić information content (AvgIpc) is 2.87. The molecule has 0 aromatic carbocycles. The van der Waals surface area contributed by atoms with Gasteiger partial charge in [-0.2, -0.15) is 0 Å². The van der Waals surface area contributed by atoms with Crippen LogP contribution < -0.4 is 0 Å². The standard InChI is InChI=1S/C13H24O/c1-10-4-3-5-12(8-10)13(2,14)9-11-6-7-11/h10-12,14H,3-9H2,1-2H3. The molecule has 3 atom stereocenters. The average molecular weight is 196 g/mol. The van der Waals surface area contributed by atoms with E-state index in [2.05, 4.69) is 13.8 Å². The van der Waals surface area contributed by atoms with E-state index in [9.17, 15) is 5.11 Å². The number of rotatable bonds is 3.